The minimum absolute atomic E-state index is 0.122. The molecule has 0 aliphatic carbocycles. The first-order valence-corrected chi connectivity index (χ1v) is 13.7. The Balaban J connectivity index is 1.62. The van der Waals surface area contributed by atoms with Crippen molar-refractivity contribution in [3.8, 4) is 11.5 Å². The van der Waals surface area contributed by atoms with Gasteiger partial charge < -0.3 is 14.8 Å². The summed E-state index contributed by atoms with van der Waals surface area (Å²) in [5, 5.41) is 2.97. The number of unbranched alkanes of at least 4 members (excludes halogenated alkanes) is 11. The van der Waals surface area contributed by atoms with Crippen LogP contribution in [0.4, 0.5) is 0 Å². The Morgan fingerprint density at radius 3 is 1.97 bits per heavy atom. The number of aromatic nitrogens is 1. The molecule has 5 heteroatoms. The molecule has 0 radical (unpaired) electrons. The van der Waals surface area contributed by atoms with E-state index in [1.54, 1.807) is 19.2 Å². The number of carbonyl (C=O) groups is 1. The summed E-state index contributed by atoms with van der Waals surface area (Å²) in [6.45, 7) is 6.46. The van der Waals surface area contributed by atoms with Gasteiger partial charge in [0.15, 0.2) is 23.9 Å². The van der Waals surface area contributed by atoms with Gasteiger partial charge in [0.25, 0.3) is 5.91 Å². The molecule has 1 N–H and O–H groups in total. The predicted molar refractivity (Wildman–Crippen MR) is 143 cm³/mol. The lowest BCUT2D eigenvalue weighted by Gasteiger charge is -2.12. The van der Waals surface area contributed by atoms with E-state index in [0.29, 0.717) is 30.2 Å². The third-order valence-electron chi connectivity index (χ3n) is 6.46. The van der Waals surface area contributed by atoms with Crippen molar-refractivity contribution in [2.24, 2.45) is 0 Å². The van der Waals surface area contributed by atoms with E-state index in [9.17, 15) is 4.79 Å². The van der Waals surface area contributed by atoms with E-state index in [-0.39, 0.29) is 5.91 Å². The molecule has 0 saturated heterocycles. The van der Waals surface area contributed by atoms with Crippen molar-refractivity contribution < 1.29 is 18.8 Å². The van der Waals surface area contributed by atoms with Crippen LogP contribution in [-0.4, -0.2) is 19.6 Å². The largest absolute Gasteiger partial charge is 0.493 e. The summed E-state index contributed by atoms with van der Waals surface area (Å²) in [5.41, 5.74) is 1.64. The van der Waals surface area contributed by atoms with Gasteiger partial charge >= 0.3 is 0 Å². The number of nitrogens with zero attached hydrogens (tertiary/aromatic N) is 1. The summed E-state index contributed by atoms with van der Waals surface area (Å²) in [6.07, 6.45) is 19.9. The van der Waals surface area contributed by atoms with Gasteiger partial charge in [-0.3, -0.25) is 4.79 Å². The van der Waals surface area contributed by atoms with Crippen LogP contribution in [0.3, 0.4) is 0 Å². The smallest absolute Gasteiger partial charge is 0.251 e. The Morgan fingerprint density at radius 1 is 0.800 bits per heavy atom. The molecule has 2 rings (SSSR count). The molecule has 0 saturated carbocycles. The number of aryl methyl sites for hydroxylation is 1. The topological polar surface area (TPSA) is 51.4 Å². The summed E-state index contributed by atoms with van der Waals surface area (Å²) in [5.74, 6) is 1.17. The van der Waals surface area contributed by atoms with Crippen LogP contribution in [0.25, 0.3) is 0 Å². The quantitative estimate of drug-likeness (QED) is 0.173. The van der Waals surface area contributed by atoms with Crippen LogP contribution in [0, 0.1) is 0 Å². The summed E-state index contributed by atoms with van der Waals surface area (Å²) in [4.78, 5) is 12.6. The van der Waals surface area contributed by atoms with Gasteiger partial charge in [-0.25, -0.2) is 4.57 Å². The highest BCUT2D eigenvalue weighted by molar-refractivity contribution is 5.94. The van der Waals surface area contributed by atoms with Gasteiger partial charge in [0.05, 0.1) is 13.7 Å². The SMILES string of the molecule is CCCCCCCCCCCCCCOc1ccc(C(=O)NCc2cc[n+](CC)cc2)cc1OC. The molecule has 0 fully saturated rings. The Morgan fingerprint density at radius 2 is 1.40 bits per heavy atom. The first kappa shape index (κ1) is 28.7. The minimum Gasteiger partial charge on any atom is -0.493 e. The molecule has 1 aromatic carbocycles. The van der Waals surface area contributed by atoms with Crippen LogP contribution in [0.2, 0.25) is 0 Å². The number of benzene rings is 1. The number of amides is 1. The van der Waals surface area contributed by atoms with Crippen LogP contribution in [0.5, 0.6) is 11.5 Å². The molecule has 0 spiro atoms. The number of carbonyl (C=O) groups excluding carboxylic acids is 1. The van der Waals surface area contributed by atoms with Gasteiger partial charge in [-0.05, 0) is 37.1 Å². The van der Waals surface area contributed by atoms with Gasteiger partial charge in [0, 0.05) is 24.2 Å². The van der Waals surface area contributed by atoms with Gasteiger partial charge in [0.1, 0.15) is 6.54 Å². The highest BCUT2D eigenvalue weighted by Gasteiger charge is 2.11. The van der Waals surface area contributed by atoms with E-state index in [0.717, 1.165) is 18.5 Å². The molecular formula is C30H47N2O3+. The normalized spacial score (nSPS) is 10.8. The van der Waals surface area contributed by atoms with Crippen molar-refractivity contribution in [3.63, 3.8) is 0 Å². The molecule has 0 bridgehead atoms. The lowest BCUT2D eigenvalue weighted by atomic mass is 10.1. The van der Waals surface area contributed by atoms with Crippen molar-refractivity contribution in [2.45, 2.75) is 104 Å². The van der Waals surface area contributed by atoms with Crippen molar-refractivity contribution in [3.05, 3.63) is 53.9 Å². The second-order valence-corrected chi connectivity index (χ2v) is 9.32. The van der Waals surface area contributed by atoms with E-state index in [4.69, 9.17) is 9.47 Å². The molecule has 194 valence electrons. The van der Waals surface area contributed by atoms with Gasteiger partial charge in [0.2, 0.25) is 0 Å². The van der Waals surface area contributed by atoms with Gasteiger partial charge in [-0.2, -0.15) is 0 Å². The standard InChI is InChI=1S/C30H46N2O3/c1-4-6-7-8-9-10-11-12-13-14-15-16-23-35-28-18-17-27(24-29(28)34-3)30(33)31-25-26-19-21-32(5-2)22-20-26/h17-22,24H,4-16,23,25H2,1-3H3/p+1. The van der Waals surface area contributed by atoms with Crippen LogP contribution >= 0.6 is 0 Å². The van der Waals surface area contributed by atoms with E-state index in [1.165, 1.54) is 70.6 Å². The third kappa shape index (κ3) is 11.6. The predicted octanol–water partition coefficient (Wildman–Crippen LogP) is 7.01. The van der Waals surface area contributed by atoms with Crippen LogP contribution in [-0.2, 0) is 13.1 Å². The van der Waals surface area contributed by atoms with E-state index >= 15 is 0 Å². The Hall–Kier alpha value is -2.56. The van der Waals surface area contributed by atoms with Crippen molar-refractivity contribution >= 4 is 5.91 Å². The summed E-state index contributed by atoms with van der Waals surface area (Å²) in [7, 11) is 1.61. The Kier molecular flexibility index (Phi) is 14.6. The molecule has 0 aliphatic heterocycles. The first-order valence-electron chi connectivity index (χ1n) is 13.7. The second kappa shape index (κ2) is 17.8. The first-order chi connectivity index (χ1) is 17.2. The van der Waals surface area contributed by atoms with Crippen LogP contribution in [0.15, 0.2) is 42.7 Å². The molecule has 35 heavy (non-hydrogen) atoms. The highest BCUT2D eigenvalue weighted by Crippen LogP contribution is 2.28. The molecule has 1 amide bonds. The molecule has 2 aromatic rings. The fourth-order valence-corrected chi connectivity index (χ4v) is 4.15. The number of methoxy groups -OCH3 is 1. The molecule has 5 nitrogen and oxygen atoms in total. The summed E-state index contributed by atoms with van der Waals surface area (Å²) < 4.78 is 13.5. The fraction of sp³-hybridized carbons (Fsp3) is 0.600. The minimum atomic E-state index is -0.122. The second-order valence-electron chi connectivity index (χ2n) is 9.32. The molecule has 0 unspecified atom stereocenters. The zero-order valence-corrected chi connectivity index (χ0v) is 22.3. The number of hydrogen-bond donors (Lipinski definition) is 1. The Bertz CT molecular complexity index is 836. The zero-order chi connectivity index (χ0) is 25.1. The maximum atomic E-state index is 12.6. The number of pyridine rings is 1. The Labute approximate surface area is 213 Å². The fourth-order valence-electron chi connectivity index (χ4n) is 4.15. The van der Waals surface area contributed by atoms with E-state index in [1.807, 2.05) is 30.6 Å². The average molecular weight is 484 g/mol. The monoisotopic (exact) mass is 483 g/mol. The summed E-state index contributed by atoms with van der Waals surface area (Å²) in [6, 6.07) is 9.43. The molecular weight excluding hydrogens is 436 g/mol. The third-order valence-corrected chi connectivity index (χ3v) is 6.46. The van der Waals surface area contributed by atoms with Crippen LogP contribution < -0.4 is 19.4 Å². The zero-order valence-electron chi connectivity index (χ0n) is 22.3. The van der Waals surface area contributed by atoms with Crippen LogP contribution in [0.1, 0.15) is 107 Å². The number of nitrogens with one attached hydrogen (secondary N) is 1. The lowest BCUT2D eigenvalue weighted by Crippen LogP contribution is -2.31. The maximum Gasteiger partial charge on any atom is 0.251 e. The summed E-state index contributed by atoms with van der Waals surface area (Å²) >= 11 is 0. The van der Waals surface area contributed by atoms with Gasteiger partial charge in [-0.15, -0.1) is 0 Å². The highest BCUT2D eigenvalue weighted by atomic mass is 16.5. The molecule has 0 atom stereocenters. The van der Waals surface area contributed by atoms with Gasteiger partial charge in [-0.1, -0.05) is 77.6 Å². The molecule has 1 heterocycles. The molecule has 1 aromatic heterocycles. The number of rotatable bonds is 19. The average Bonchev–Trinajstić information content (AvgIpc) is 2.90. The van der Waals surface area contributed by atoms with Crippen molar-refractivity contribution in [1.29, 1.82) is 0 Å². The van der Waals surface area contributed by atoms with E-state index < -0.39 is 0 Å². The maximum absolute atomic E-state index is 12.6. The number of ether oxygens (including phenoxy) is 2. The lowest BCUT2D eigenvalue weighted by molar-refractivity contribution is -0.693. The van der Waals surface area contributed by atoms with Crippen molar-refractivity contribution in [2.75, 3.05) is 13.7 Å². The van der Waals surface area contributed by atoms with E-state index in [2.05, 4.69) is 23.7 Å². The number of hydrogen-bond acceptors (Lipinski definition) is 3. The van der Waals surface area contributed by atoms with Crippen molar-refractivity contribution in [1.82, 2.24) is 5.32 Å². The molecule has 0 aliphatic rings.